The lowest BCUT2D eigenvalue weighted by atomic mass is 10.1. The number of benzene rings is 1. The van der Waals surface area contributed by atoms with Gasteiger partial charge in [-0.2, -0.15) is 0 Å². The summed E-state index contributed by atoms with van der Waals surface area (Å²) in [6.07, 6.45) is 3.35. The average molecular weight is 337 g/mol. The quantitative estimate of drug-likeness (QED) is 0.720. The third-order valence-electron chi connectivity index (χ3n) is 4.08. The van der Waals surface area contributed by atoms with Gasteiger partial charge in [0.25, 0.3) is 5.91 Å². The Morgan fingerprint density at radius 3 is 2.68 bits per heavy atom. The number of carbonyl (C=O) groups excluding carboxylic acids is 1. The molecule has 0 saturated carbocycles. The minimum Gasteiger partial charge on any atom is -0.490 e. The first-order chi connectivity index (χ1) is 12.2. The maximum atomic E-state index is 12.7. The van der Waals surface area contributed by atoms with Crippen molar-refractivity contribution in [2.24, 2.45) is 0 Å². The predicted molar refractivity (Wildman–Crippen MR) is 98.2 cm³/mol. The first-order valence-corrected chi connectivity index (χ1v) is 8.69. The highest BCUT2D eigenvalue weighted by Crippen LogP contribution is 2.22. The SMILES string of the molecule is CCOc1cccn2c(C(=O)NCCc3ccccc3)c(CC)nc12. The topological polar surface area (TPSA) is 55.6 Å². The Morgan fingerprint density at radius 1 is 1.16 bits per heavy atom. The van der Waals surface area contributed by atoms with Crippen molar-refractivity contribution in [1.29, 1.82) is 0 Å². The van der Waals surface area contributed by atoms with Crippen molar-refractivity contribution in [3.05, 3.63) is 65.6 Å². The third-order valence-corrected chi connectivity index (χ3v) is 4.08. The predicted octanol–water partition coefficient (Wildman–Crippen LogP) is 3.27. The van der Waals surface area contributed by atoms with E-state index in [2.05, 4.69) is 22.4 Å². The number of pyridine rings is 1. The fourth-order valence-electron chi connectivity index (χ4n) is 2.89. The van der Waals surface area contributed by atoms with Gasteiger partial charge in [0.05, 0.1) is 12.3 Å². The van der Waals surface area contributed by atoms with Crippen molar-refractivity contribution >= 4 is 11.6 Å². The molecule has 3 rings (SSSR count). The Bertz CT molecular complexity index is 856. The van der Waals surface area contributed by atoms with E-state index in [4.69, 9.17) is 4.74 Å². The number of hydrogen-bond acceptors (Lipinski definition) is 3. The molecule has 0 fully saturated rings. The standard InChI is InChI=1S/C20H23N3O2/c1-3-16-18(20(24)21-13-12-15-9-6-5-7-10-15)23-14-8-11-17(25-4-2)19(23)22-16/h5-11,14H,3-4,12-13H2,1-2H3,(H,21,24). The third kappa shape index (κ3) is 3.65. The van der Waals surface area contributed by atoms with Gasteiger partial charge in [0, 0.05) is 12.7 Å². The van der Waals surface area contributed by atoms with Gasteiger partial charge in [0.2, 0.25) is 0 Å². The Kier molecular flexibility index (Phi) is 5.33. The summed E-state index contributed by atoms with van der Waals surface area (Å²) in [6, 6.07) is 13.9. The molecular formula is C20H23N3O2. The van der Waals surface area contributed by atoms with E-state index < -0.39 is 0 Å². The largest absolute Gasteiger partial charge is 0.490 e. The smallest absolute Gasteiger partial charge is 0.270 e. The van der Waals surface area contributed by atoms with Crippen LogP contribution in [0.1, 0.15) is 35.6 Å². The van der Waals surface area contributed by atoms with Gasteiger partial charge in [0.1, 0.15) is 5.69 Å². The van der Waals surface area contributed by atoms with E-state index >= 15 is 0 Å². The average Bonchev–Trinajstić information content (AvgIpc) is 3.02. The number of aromatic nitrogens is 2. The van der Waals surface area contributed by atoms with Crippen LogP contribution in [0.3, 0.4) is 0 Å². The molecule has 25 heavy (non-hydrogen) atoms. The molecule has 0 aliphatic heterocycles. The molecule has 0 radical (unpaired) electrons. The molecule has 1 aromatic carbocycles. The van der Waals surface area contributed by atoms with Gasteiger partial charge in [-0.15, -0.1) is 0 Å². The number of hydrogen-bond donors (Lipinski definition) is 1. The molecule has 1 N–H and O–H groups in total. The molecule has 5 heteroatoms. The van der Waals surface area contributed by atoms with Gasteiger partial charge >= 0.3 is 0 Å². The van der Waals surface area contributed by atoms with E-state index in [0.717, 1.165) is 12.1 Å². The zero-order valence-corrected chi connectivity index (χ0v) is 14.7. The molecule has 1 amide bonds. The minimum atomic E-state index is -0.103. The molecule has 0 spiro atoms. The van der Waals surface area contributed by atoms with Crippen LogP contribution >= 0.6 is 0 Å². The molecule has 5 nitrogen and oxygen atoms in total. The Hall–Kier alpha value is -2.82. The van der Waals surface area contributed by atoms with Crippen molar-refractivity contribution in [3.8, 4) is 5.75 Å². The molecule has 0 aliphatic carbocycles. The Labute approximate surface area is 147 Å². The highest BCUT2D eigenvalue weighted by molar-refractivity contribution is 5.95. The fourth-order valence-corrected chi connectivity index (χ4v) is 2.89. The van der Waals surface area contributed by atoms with Crippen LogP contribution in [-0.2, 0) is 12.8 Å². The summed E-state index contributed by atoms with van der Waals surface area (Å²) in [6.45, 7) is 5.09. The van der Waals surface area contributed by atoms with Crippen LogP contribution in [0.4, 0.5) is 0 Å². The molecule has 130 valence electrons. The van der Waals surface area contributed by atoms with E-state index in [1.807, 2.05) is 54.8 Å². The number of amides is 1. The van der Waals surface area contributed by atoms with Crippen LogP contribution in [0.15, 0.2) is 48.7 Å². The molecule has 0 unspecified atom stereocenters. The first-order valence-electron chi connectivity index (χ1n) is 8.69. The van der Waals surface area contributed by atoms with Crippen LogP contribution < -0.4 is 10.1 Å². The number of fused-ring (bicyclic) bond motifs is 1. The van der Waals surface area contributed by atoms with Gasteiger partial charge in [-0.1, -0.05) is 37.3 Å². The van der Waals surface area contributed by atoms with Gasteiger partial charge < -0.3 is 10.1 Å². The Balaban J connectivity index is 1.81. The summed E-state index contributed by atoms with van der Waals surface area (Å²) in [7, 11) is 0. The summed E-state index contributed by atoms with van der Waals surface area (Å²) in [4.78, 5) is 17.4. The second kappa shape index (κ2) is 7.83. The maximum absolute atomic E-state index is 12.7. The van der Waals surface area contributed by atoms with Gasteiger partial charge in [-0.05, 0) is 37.5 Å². The van der Waals surface area contributed by atoms with Crippen LogP contribution in [0.25, 0.3) is 5.65 Å². The summed E-state index contributed by atoms with van der Waals surface area (Å²) in [5, 5.41) is 3.01. The van der Waals surface area contributed by atoms with E-state index in [9.17, 15) is 4.79 Å². The summed E-state index contributed by atoms with van der Waals surface area (Å²) < 4.78 is 7.46. The summed E-state index contributed by atoms with van der Waals surface area (Å²) in [5.41, 5.74) is 3.26. The highest BCUT2D eigenvalue weighted by Gasteiger charge is 2.19. The summed E-state index contributed by atoms with van der Waals surface area (Å²) in [5.74, 6) is 0.594. The zero-order valence-electron chi connectivity index (χ0n) is 14.7. The number of rotatable bonds is 7. The number of carbonyl (C=O) groups is 1. The van der Waals surface area contributed by atoms with Crippen molar-refractivity contribution in [1.82, 2.24) is 14.7 Å². The van der Waals surface area contributed by atoms with E-state index in [-0.39, 0.29) is 5.91 Å². The fraction of sp³-hybridized carbons (Fsp3) is 0.300. The van der Waals surface area contributed by atoms with E-state index in [0.29, 0.717) is 36.7 Å². The number of nitrogens with one attached hydrogen (secondary N) is 1. The molecule has 0 bridgehead atoms. The molecule has 2 heterocycles. The first kappa shape index (κ1) is 17.0. The van der Waals surface area contributed by atoms with Gasteiger partial charge in [0.15, 0.2) is 11.4 Å². The van der Waals surface area contributed by atoms with Gasteiger partial charge in [-0.25, -0.2) is 4.98 Å². The number of nitrogens with zero attached hydrogens (tertiary/aromatic N) is 2. The van der Waals surface area contributed by atoms with Crippen LogP contribution in [-0.4, -0.2) is 28.4 Å². The molecule has 0 saturated heterocycles. The molecule has 3 aromatic rings. The van der Waals surface area contributed by atoms with Crippen LogP contribution in [0.5, 0.6) is 5.75 Å². The number of aryl methyl sites for hydroxylation is 1. The monoisotopic (exact) mass is 337 g/mol. The van der Waals surface area contributed by atoms with E-state index in [1.165, 1.54) is 5.56 Å². The lowest BCUT2D eigenvalue weighted by Gasteiger charge is -2.08. The highest BCUT2D eigenvalue weighted by atomic mass is 16.5. The lowest BCUT2D eigenvalue weighted by molar-refractivity contribution is 0.0947. The Morgan fingerprint density at radius 2 is 1.96 bits per heavy atom. The molecular weight excluding hydrogens is 314 g/mol. The second-order valence-corrected chi connectivity index (χ2v) is 5.75. The number of imidazole rings is 1. The number of ether oxygens (including phenoxy) is 1. The van der Waals surface area contributed by atoms with Crippen molar-refractivity contribution in [3.63, 3.8) is 0 Å². The van der Waals surface area contributed by atoms with Crippen molar-refractivity contribution in [2.75, 3.05) is 13.2 Å². The second-order valence-electron chi connectivity index (χ2n) is 5.75. The summed E-state index contributed by atoms with van der Waals surface area (Å²) >= 11 is 0. The van der Waals surface area contributed by atoms with Crippen LogP contribution in [0, 0.1) is 0 Å². The minimum absolute atomic E-state index is 0.103. The van der Waals surface area contributed by atoms with Gasteiger partial charge in [-0.3, -0.25) is 9.20 Å². The van der Waals surface area contributed by atoms with E-state index in [1.54, 1.807) is 0 Å². The van der Waals surface area contributed by atoms with Crippen molar-refractivity contribution < 1.29 is 9.53 Å². The van der Waals surface area contributed by atoms with Crippen LogP contribution in [0.2, 0.25) is 0 Å². The molecule has 0 aliphatic rings. The zero-order chi connectivity index (χ0) is 17.6. The lowest BCUT2D eigenvalue weighted by Crippen LogP contribution is -2.27. The molecule has 2 aromatic heterocycles. The maximum Gasteiger partial charge on any atom is 0.270 e. The molecule has 0 atom stereocenters. The van der Waals surface area contributed by atoms with Crippen molar-refractivity contribution in [2.45, 2.75) is 26.7 Å². The normalized spacial score (nSPS) is 10.8.